The first-order chi connectivity index (χ1) is 13.7. The van der Waals surface area contributed by atoms with Gasteiger partial charge in [-0.25, -0.2) is 4.79 Å². The predicted octanol–water partition coefficient (Wildman–Crippen LogP) is 4.51. The molecule has 0 atom stereocenters. The summed E-state index contributed by atoms with van der Waals surface area (Å²) in [7, 11) is 0. The molecule has 3 rings (SSSR count). The number of rotatable bonds is 6. The van der Waals surface area contributed by atoms with Gasteiger partial charge in [-0.2, -0.15) is 0 Å². The van der Waals surface area contributed by atoms with E-state index >= 15 is 0 Å². The maximum absolute atomic E-state index is 12.6. The molecule has 1 amide bonds. The third-order valence-corrected chi connectivity index (χ3v) is 5.50. The van der Waals surface area contributed by atoms with Crippen LogP contribution in [0, 0.1) is 13.8 Å². The molecule has 1 saturated heterocycles. The minimum Gasteiger partial charge on any atom is -0.454 e. The molecule has 0 N–H and O–H groups in total. The summed E-state index contributed by atoms with van der Waals surface area (Å²) in [5, 5.41) is 0.397. The van der Waals surface area contributed by atoms with E-state index in [9.17, 15) is 14.4 Å². The molecule has 0 bridgehead atoms. The maximum atomic E-state index is 12.6. The van der Waals surface area contributed by atoms with Crippen LogP contribution in [0.4, 0.5) is 5.69 Å². The van der Waals surface area contributed by atoms with Crippen LogP contribution in [0.1, 0.15) is 64.8 Å². The number of ether oxygens (including phenoxy) is 1. The third kappa shape index (κ3) is 4.22. The molecule has 29 heavy (non-hydrogen) atoms. The lowest BCUT2D eigenvalue weighted by Gasteiger charge is -2.18. The summed E-state index contributed by atoms with van der Waals surface area (Å²) in [4.78, 5) is 38.6. The second-order valence-corrected chi connectivity index (χ2v) is 7.97. The van der Waals surface area contributed by atoms with Crippen molar-refractivity contribution >= 4 is 34.9 Å². The van der Waals surface area contributed by atoms with E-state index in [1.165, 1.54) is 6.07 Å². The van der Waals surface area contributed by atoms with Gasteiger partial charge in [-0.3, -0.25) is 9.59 Å². The number of halogens is 1. The Hall–Kier alpha value is -2.60. The van der Waals surface area contributed by atoms with E-state index in [1.807, 2.05) is 19.9 Å². The summed E-state index contributed by atoms with van der Waals surface area (Å²) in [6.07, 6.45) is 1.22. The van der Waals surface area contributed by atoms with E-state index in [1.54, 1.807) is 17.0 Å². The van der Waals surface area contributed by atoms with Crippen molar-refractivity contribution in [3.8, 4) is 0 Å². The lowest BCUT2D eigenvalue weighted by atomic mass is 10.1. The molecule has 2 heterocycles. The highest BCUT2D eigenvalue weighted by Gasteiger charge is 2.25. The van der Waals surface area contributed by atoms with Crippen molar-refractivity contribution in [1.82, 2.24) is 4.57 Å². The summed E-state index contributed by atoms with van der Waals surface area (Å²) in [6, 6.07) is 6.70. The van der Waals surface area contributed by atoms with Crippen LogP contribution in [0.25, 0.3) is 0 Å². The number of esters is 1. The van der Waals surface area contributed by atoms with E-state index in [4.69, 9.17) is 16.3 Å². The first-order valence-electron chi connectivity index (χ1n) is 9.69. The SMILES string of the molecule is Cc1cc(C(=O)COC(=O)c2ccc(Cl)c(N3CCCC3=O)c2)c(C)n1C(C)C. The van der Waals surface area contributed by atoms with Crippen LogP contribution in [0.2, 0.25) is 5.02 Å². The van der Waals surface area contributed by atoms with Gasteiger partial charge in [-0.1, -0.05) is 11.6 Å². The predicted molar refractivity (Wildman–Crippen MR) is 112 cm³/mol. The molecule has 0 unspecified atom stereocenters. The zero-order valence-electron chi connectivity index (χ0n) is 17.1. The smallest absolute Gasteiger partial charge is 0.338 e. The molecule has 0 radical (unpaired) electrons. The van der Waals surface area contributed by atoms with E-state index in [2.05, 4.69) is 18.4 Å². The Morgan fingerprint density at radius 2 is 1.93 bits per heavy atom. The van der Waals surface area contributed by atoms with Crippen molar-refractivity contribution in [3.63, 3.8) is 0 Å². The van der Waals surface area contributed by atoms with Gasteiger partial charge in [0.15, 0.2) is 6.61 Å². The number of carbonyl (C=O) groups excluding carboxylic acids is 3. The Kier molecular flexibility index (Phi) is 6.13. The fourth-order valence-electron chi connectivity index (χ4n) is 3.90. The molecular formula is C22H25ClN2O4. The van der Waals surface area contributed by atoms with Gasteiger partial charge in [0.25, 0.3) is 0 Å². The zero-order chi connectivity index (χ0) is 21.3. The molecule has 2 aromatic rings. The van der Waals surface area contributed by atoms with Crippen LogP contribution < -0.4 is 4.90 Å². The number of hydrogen-bond acceptors (Lipinski definition) is 4. The fraction of sp³-hybridized carbons (Fsp3) is 0.409. The van der Waals surface area contributed by atoms with Crippen molar-refractivity contribution < 1.29 is 19.1 Å². The lowest BCUT2D eigenvalue weighted by Crippen LogP contribution is -2.24. The molecule has 1 aromatic heterocycles. The van der Waals surface area contributed by atoms with Crippen LogP contribution in [0.15, 0.2) is 24.3 Å². The number of ketones is 1. The molecule has 0 spiro atoms. The number of carbonyl (C=O) groups is 3. The first kappa shape index (κ1) is 21.1. The second kappa shape index (κ2) is 8.41. The summed E-state index contributed by atoms with van der Waals surface area (Å²) in [6.45, 7) is 8.17. The van der Waals surface area contributed by atoms with Gasteiger partial charge in [0.05, 0.1) is 16.3 Å². The summed E-state index contributed by atoms with van der Waals surface area (Å²) < 4.78 is 7.33. The molecule has 1 aliphatic rings. The number of Topliss-reactive ketones (excluding diaryl/α,β-unsaturated/α-hetero) is 1. The topological polar surface area (TPSA) is 68.6 Å². The van der Waals surface area contributed by atoms with Gasteiger partial charge in [0.2, 0.25) is 11.7 Å². The maximum Gasteiger partial charge on any atom is 0.338 e. The Labute approximate surface area is 175 Å². The quantitative estimate of drug-likeness (QED) is 0.513. The molecule has 6 nitrogen and oxygen atoms in total. The van der Waals surface area contributed by atoms with E-state index < -0.39 is 5.97 Å². The molecule has 0 aliphatic carbocycles. The monoisotopic (exact) mass is 416 g/mol. The zero-order valence-corrected chi connectivity index (χ0v) is 17.9. The number of aromatic nitrogens is 1. The Balaban J connectivity index is 1.72. The van der Waals surface area contributed by atoms with Crippen molar-refractivity contribution in [3.05, 3.63) is 51.8 Å². The first-order valence-corrected chi connectivity index (χ1v) is 10.1. The standard InChI is InChI=1S/C22H25ClN2O4/c1-13(2)25-14(3)10-17(15(25)4)20(26)12-29-22(28)16-7-8-18(23)19(11-16)24-9-5-6-21(24)27/h7-8,10-11,13H,5-6,9,12H2,1-4H3. The average molecular weight is 417 g/mol. The highest BCUT2D eigenvalue weighted by atomic mass is 35.5. The molecule has 7 heteroatoms. The molecule has 0 saturated carbocycles. The normalized spacial score (nSPS) is 14.0. The van der Waals surface area contributed by atoms with Gasteiger partial charge in [-0.15, -0.1) is 0 Å². The molecule has 1 aromatic carbocycles. The van der Waals surface area contributed by atoms with Crippen LogP contribution in [0.3, 0.4) is 0 Å². The Morgan fingerprint density at radius 1 is 1.21 bits per heavy atom. The molecule has 1 aliphatic heterocycles. The molecule has 154 valence electrons. The van der Waals surface area contributed by atoms with Crippen molar-refractivity contribution in [2.45, 2.75) is 46.6 Å². The number of aryl methyl sites for hydroxylation is 1. The lowest BCUT2D eigenvalue weighted by molar-refractivity contribution is -0.117. The highest BCUT2D eigenvalue weighted by molar-refractivity contribution is 6.34. The van der Waals surface area contributed by atoms with E-state index in [-0.39, 0.29) is 29.9 Å². The number of anilines is 1. The van der Waals surface area contributed by atoms with E-state index in [0.717, 1.165) is 17.8 Å². The summed E-state index contributed by atoms with van der Waals surface area (Å²) >= 11 is 6.21. The number of hydrogen-bond donors (Lipinski definition) is 0. The van der Waals surface area contributed by atoms with Crippen molar-refractivity contribution in [2.75, 3.05) is 18.1 Å². The number of benzene rings is 1. The van der Waals surface area contributed by atoms with Gasteiger partial charge in [-0.05, 0) is 58.4 Å². The third-order valence-electron chi connectivity index (χ3n) is 5.18. The van der Waals surface area contributed by atoms with Crippen LogP contribution in [-0.4, -0.2) is 35.4 Å². The molecular weight excluding hydrogens is 392 g/mol. The number of amides is 1. The number of nitrogens with zero attached hydrogens (tertiary/aromatic N) is 2. The van der Waals surface area contributed by atoms with Gasteiger partial charge in [0.1, 0.15) is 0 Å². The van der Waals surface area contributed by atoms with Crippen LogP contribution in [-0.2, 0) is 9.53 Å². The fourth-order valence-corrected chi connectivity index (χ4v) is 4.12. The van der Waals surface area contributed by atoms with E-state index in [0.29, 0.717) is 29.2 Å². The highest BCUT2D eigenvalue weighted by Crippen LogP contribution is 2.30. The summed E-state index contributed by atoms with van der Waals surface area (Å²) in [5.41, 5.74) is 3.16. The minimum atomic E-state index is -0.624. The van der Waals surface area contributed by atoms with Crippen LogP contribution in [0.5, 0.6) is 0 Å². The Morgan fingerprint density at radius 3 is 2.52 bits per heavy atom. The second-order valence-electron chi connectivity index (χ2n) is 7.56. The van der Waals surface area contributed by atoms with Crippen LogP contribution >= 0.6 is 11.6 Å². The largest absolute Gasteiger partial charge is 0.454 e. The van der Waals surface area contributed by atoms with Gasteiger partial charge < -0.3 is 14.2 Å². The van der Waals surface area contributed by atoms with Crippen molar-refractivity contribution in [2.24, 2.45) is 0 Å². The minimum absolute atomic E-state index is 0.0203. The molecule has 1 fully saturated rings. The average Bonchev–Trinajstić information content (AvgIpc) is 3.22. The van der Waals surface area contributed by atoms with Crippen molar-refractivity contribution in [1.29, 1.82) is 0 Å². The Bertz CT molecular complexity index is 977. The summed E-state index contributed by atoms with van der Waals surface area (Å²) in [5.74, 6) is -0.893. The van der Waals surface area contributed by atoms with Gasteiger partial charge >= 0.3 is 5.97 Å². The van der Waals surface area contributed by atoms with Gasteiger partial charge in [0, 0.05) is 36.0 Å².